The minimum atomic E-state index is 0.620. The summed E-state index contributed by atoms with van der Waals surface area (Å²) in [5.74, 6) is 3.19. The van der Waals surface area contributed by atoms with Gasteiger partial charge in [0.25, 0.3) is 0 Å². The first-order valence-electron chi connectivity index (χ1n) is 8.04. The van der Waals surface area contributed by atoms with E-state index in [-0.39, 0.29) is 0 Å². The van der Waals surface area contributed by atoms with Crippen LogP contribution < -0.4 is 0 Å². The zero-order valence-corrected chi connectivity index (χ0v) is 12.1. The van der Waals surface area contributed by atoms with Gasteiger partial charge >= 0.3 is 0 Å². The first-order valence-corrected chi connectivity index (χ1v) is 8.04. The van der Waals surface area contributed by atoms with Gasteiger partial charge < -0.3 is 0 Å². The molecule has 0 aromatic heterocycles. The fourth-order valence-electron chi connectivity index (χ4n) is 6.13. The molecule has 0 aromatic carbocycles. The molecular formula is C17H30. The third-order valence-electron chi connectivity index (χ3n) is 6.86. The van der Waals surface area contributed by atoms with Crippen LogP contribution in [-0.2, 0) is 0 Å². The number of fused-ring (bicyclic) bond motifs is 3. The monoisotopic (exact) mass is 234 g/mol. The number of hydrogen-bond acceptors (Lipinski definition) is 0. The highest BCUT2D eigenvalue weighted by molar-refractivity contribution is 5.04. The Labute approximate surface area is 108 Å². The lowest BCUT2D eigenvalue weighted by atomic mass is 9.45. The van der Waals surface area contributed by atoms with Gasteiger partial charge in [-0.1, -0.05) is 46.5 Å². The van der Waals surface area contributed by atoms with E-state index in [1.165, 1.54) is 38.5 Å². The van der Waals surface area contributed by atoms with Crippen LogP contribution in [0.3, 0.4) is 0 Å². The van der Waals surface area contributed by atoms with Gasteiger partial charge in [0.05, 0.1) is 0 Å². The minimum Gasteiger partial charge on any atom is -0.0596 e. The van der Waals surface area contributed by atoms with Crippen molar-refractivity contribution >= 4 is 0 Å². The molecule has 0 N–H and O–H groups in total. The van der Waals surface area contributed by atoms with Crippen molar-refractivity contribution in [1.82, 2.24) is 0 Å². The SMILES string of the molecule is CC1(C)CCC[C@@]2(C)C1CC[C@H]1CCCC[C@@H]12. The van der Waals surface area contributed by atoms with Gasteiger partial charge in [-0.15, -0.1) is 0 Å². The normalized spacial score (nSPS) is 49.2. The lowest BCUT2D eigenvalue weighted by molar-refractivity contribution is -0.108. The molecule has 0 amide bonds. The smallest absolute Gasteiger partial charge is 0.0261 e. The van der Waals surface area contributed by atoms with Crippen LogP contribution in [0.15, 0.2) is 0 Å². The van der Waals surface area contributed by atoms with E-state index in [1.807, 2.05) is 0 Å². The van der Waals surface area contributed by atoms with E-state index in [1.54, 1.807) is 19.3 Å². The summed E-state index contributed by atoms with van der Waals surface area (Å²) in [4.78, 5) is 0. The molecule has 3 fully saturated rings. The van der Waals surface area contributed by atoms with E-state index in [0.29, 0.717) is 10.8 Å². The van der Waals surface area contributed by atoms with Gasteiger partial charge in [0.15, 0.2) is 0 Å². The second-order valence-electron chi connectivity index (χ2n) is 8.13. The average molecular weight is 234 g/mol. The van der Waals surface area contributed by atoms with Crippen LogP contribution in [0.4, 0.5) is 0 Å². The summed E-state index contributed by atoms with van der Waals surface area (Å²) < 4.78 is 0. The van der Waals surface area contributed by atoms with Gasteiger partial charge in [0.2, 0.25) is 0 Å². The Morgan fingerprint density at radius 3 is 2.35 bits per heavy atom. The van der Waals surface area contributed by atoms with Gasteiger partial charge in [0, 0.05) is 0 Å². The summed E-state index contributed by atoms with van der Waals surface area (Å²) in [7, 11) is 0. The topological polar surface area (TPSA) is 0 Å². The van der Waals surface area contributed by atoms with Gasteiger partial charge in [-0.2, -0.15) is 0 Å². The molecule has 0 bridgehead atoms. The number of hydrogen-bond donors (Lipinski definition) is 0. The van der Waals surface area contributed by atoms with Gasteiger partial charge in [-0.3, -0.25) is 0 Å². The lowest BCUT2D eigenvalue weighted by Crippen LogP contribution is -2.52. The predicted octanol–water partition coefficient (Wildman–Crippen LogP) is 5.42. The van der Waals surface area contributed by atoms with Gasteiger partial charge in [-0.05, 0) is 60.7 Å². The first-order chi connectivity index (χ1) is 8.04. The molecule has 0 nitrogen and oxygen atoms in total. The fraction of sp³-hybridized carbons (Fsp3) is 1.00. The van der Waals surface area contributed by atoms with Crippen molar-refractivity contribution in [2.45, 2.75) is 78.6 Å². The molecule has 1 unspecified atom stereocenters. The molecule has 0 heterocycles. The number of rotatable bonds is 0. The Kier molecular flexibility index (Phi) is 2.84. The van der Waals surface area contributed by atoms with Crippen molar-refractivity contribution in [3.63, 3.8) is 0 Å². The van der Waals surface area contributed by atoms with Crippen molar-refractivity contribution in [2.24, 2.45) is 28.6 Å². The van der Waals surface area contributed by atoms with Crippen LogP contribution in [0.2, 0.25) is 0 Å². The van der Waals surface area contributed by atoms with Crippen LogP contribution in [0.25, 0.3) is 0 Å². The van der Waals surface area contributed by atoms with Crippen molar-refractivity contribution in [1.29, 1.82) is 0 Å². The first kappa shape index (κ1) is 12.1. The zero-order valence-electron chi connectivity index (χ0n) is 12.1. The van der Waals surface area contributed by atoms with E-state index >= 15 is 0 Å². The van der Waals surface area contributed by atoms with Crippen molar-refractivity contribution in [3.8, 4) is 0 Å². The largest absolute Gasteiger partial charge is 0.0596 e. The van der Waals surface area contributed by atoms with Crippen LogP contribution >= 0.6 is 0 Å². The van der Waals surface area contributed by atoms with E-state index in [0.717, 1.165) is 17.8 Å². The average Bonchev–Trinajstić information content (AvgIpc) is 2.28. The van der Waals surface area contributed by atoms with Gasteiger partial charge in [0.1, 0.15) is 0 Å². The van der Waals surface area contributed by atoms with Crippen molar-refractivity contribution in [2.75, 3.05) is 0 Å². The molecule has 0 aliphatic heterocycles. The summed E-state index contributed by atoms with van der Waals surface area (Å²) in [5, 5.41) is 0. The van der Waals surface area contributed by atoms with Crippen molar-refractivity contribution < 1.29 is 0 Å². The second-order valence-corrected chi connectivity index (χ2v) is 8.13. The van der Waals surface area contributed by atoms with E-state index in [2.05, 4.69) is 20.8 Å². The molecule has 3 aliphatic carbocycles. The summed E-state index contributed by atoms with van der Waals surface area (Å²) in [5.41, 5.74) is 1.32. The predicted molar refractivity (Wildman–Crippen MR) is 73.9 cm³/mol. The van der Waals surface area contributed by atoms with Crippen LogP contribution in [0.5, 0.6) is 0 Å². The summed E-state index contributed by atoms with van der Waals surface area (Å²) >= 11 is 0. The second kappa shape index (κ2) is 4.00. The Bertz CT molecular complexity index is 290. The van der Waals surface area contributed by atoms with Crippen LogP contribution in [-0.4, -0.2) is 0 Å². The Morgan fingerprint density at radius 1 is 0.765 bits per heavy atom. The Hall–Kier alpha value is 0. The molecule has 4 atom stereocenters. The highest BCUT2D eigenvalue weighted by Gasteiger charge is 2.54. The Balaban J connectivity index is 1.90. The van der Waals surface area contributed by atoms with Gasteiger partial charge in [-0.25, -0.2) is 0 Å². The molecule has 3 rings (SSSR count). The van der Waals surface area contributed by atoms with Crippen LogP contribution in [0, 0.1) is 28.6 Å². The standard InChI is InChI=1S/C17H30/c1-16(2)11-6-12-17(3)14-8-5-4-7-13(14)9-10-15(16)17/h13-15H,4-12H2,1-3H3/t13-,14+,15?,17-/m1/s1. The lowest BCUT2D eigenvalue weighted by Gasteiger charge is -2.60. The van der Waals surface area contributed by atoms with E-state index < -0.39 is 0 Å². The molecule has 0 radical (unpaired) electrons. The van der Waals surface area contributed by atoms with Crippen LogP contribution in [0.1, 0.15) is 78.6 Å². The third-order valence-corrected chi connectivity index (χ3v) is 6.86. The maximum atomic E-state index is 2.67. The summed E-state index contributed by atoms with van der Waals surface area (Å²) in [6.45, 7) is 7.77. The molecule has 17 heavy (non-hydrogen) atoms. The van der Waals surface area contributed by atoms with Crippen molar-refractivity contribution in [3.05, 3.63) is 0 Å². The molecular weight excluding hydrogens is 204 g/mol. The quantitative estimate of drug-likeness (QED) is 0.525. The highest BCUT2D eigenvalue weighted by Crippen LogP contribution is 2.63. The van der Waals surface area contributed by atoms with E-state index in [4.69, 9.17) is 0 Å². The molecule has 98 valence electrons. The molecule has 0 spiro atoms. The molecule has 0 heteroatoms. The summed E-state index contributed by atoms with van der Waals surface area (Å²) in [6, 6.07) is 0. The molecule has 3 saturated carbocycles. The molecule has 0 aromatic rings. The summed E-state index contributed by atoms with van der Waals surface area (Å²) in [6.07, 6.45) is 13.7. The zero-order chi connectivity index (χ0) is 12.1. The molecule has 3 aliphatic rings. The minimum absolute atomic E-state index is 0.620. The third kappa shape index (κ3) is 1.78. The Morgan fingerprint density at radius 2 is 1.53 bits per heavy atom. The fourth-order valence-corrected chi connectivity index (χ4v) is 6.13. The highest BCUT2D eigenvalue weighted by atomic mass is 14.6. The molecule has 0 saturated heterocycles. The maximum Gasteiger partial charge on any atom is -0.0261 e. The maximum absolute atomic E-state index is 2.67. The van der Waals surface area contributed by atoms with E-state index in [9.17, 15) is 0 Å².